The van der Waals surface area contributed by atoms with E-state index in [1.807, 2.05) is 29.2 Å². The number of nitrogens with zero attached hydrogens (tertiary/aromatic N) is 1. The number of carbonyl (C=O) groups is 1. The second-order valence-electron chi connectivity index (χ2n) is 6.45. The SMILES string of the molecule is COc1ccccc1C(C)CC(=O)N1CCC(C)CC1CN. The third-order valence-corrected chi connectivity index (χ3v) is 4.72. The number of hydrogen-bond donors (Lipinski definition) is 1. The van der Waals surface area contributed by atoms with Crippen LogP contribution in [-0.4, -0.2) is 37.0 Å². The number of nitrogens with two attached hydrogens (primary N) is 1. The Bertz CT molecular complexity index is 504. The van der Waals surface area contributed by atoms with E-state index in [2.05, 4.69) is 13.8 Å². The zero-order chi connectivity index (χ0) is 16.1. The van der Waals surface area contributed by atoms with E-state index < -0.39 is 0 Å². The van der Waals surface area contributed by atoms with Crippen LogP contribution in [0.1, 0.15) is 44.6 Å². The molecule has 0 aromatic heterocycles. The van der Waals surface area contributed by atoms with E-state index in [9.17, 15) is 4.79 Å². The fourth-order valence-corrected chi connectivity index (χ4v) is 3.37. The lowest BCUT2D eigenvalue weighted by molar-refractivity contribution is -0.135. The monoisotopic (exact) mass is 304 g/mol. The maximum absolute atomic E-state index is 12.7. The zero-order valence-electron chi connectivity index (χ0n) is 13.9. The van der Waals surface area contributed by atoms with Gasteiger partial charge in [-0.05, 0) is 36.3 Å². The number of methoxy groups -OCH3 is 1. The molecule has 1 saturated heterocycles. The molecule has 0 saturated carbocycles. The van der Waals surface area contributed by atoms with E-state index in [0.29, 0.717) is 18.9 Å². The van der Waals surface area contributed by atoms with Crippen LogP contribution in [0.2, 0.25) is 0 Å². The molecule has 1 heterocycles. The van der Waals surface area contributed by atoms with Crippen LogP contribution in [0.15, 0.2) is 24.3 Å². The van der Waals surface area contributed by atoms with Gasteiger partial charge in [-0.1, -0.05) is 32.0 Å². The van der Waals surface area contributed by atoms with Crippen LogP contribution >= 0.6 is 0 Å². The first-order valence-corrected chi connectivity index (χ1v) is 8.19. The van der Waals surface area contributed by atoms with E-state index >= 15 is 0 Å². The van der Waals surface area contributed by atoms with Crippen LogP contribution in [0.4, 0.5) is 0 Å². The van der Waals surface area contributed by atoms with Crippen molar-refractivity contribution in [3.05, 3.63) is 29.8 Å². The number of carbonyl (C=O) groups excluding carboxylic acids is 1. The van der Waals surface area contributed by atoms with Crippen LogP contribution in [-0.2, 0) is 4.79 Å². The second-order valence-corrected chi connectivity index (χ2v) is 6.45. The van der Waals surface area contributed by atoms with Crippen molar-refractivity contribution >= 4 is 5.91 Å². The predicted molar refractivity (Wildman–Crippen MR) is 89.0 cm³/mol. The first kappa shape index (κ1) is 16.8. The predicted octanol–water partition coefficient (Wildman–Crippen LogP) is 2.77. The van der Waals surface area contributed by atoms with Gasteiger partial charge in [-0.3, -0.25) is 4.79 Å². The largest absolute Gasteiger partial charge is 0.496 e. The second kappa shape index (κ2) is 7.63. The Hall–Kier alpha value is -1.55. The molecule has 1 aliphatic heterocycles. The number of likely N-dealkylation sites (tertiary alicyclic amines) is 1. The van der Waals surface area contributed by atoms with Crippen molar-refractivity contribution in [2.45, 2.75) is 45.1 Å². The molecule has 4 heteroatoms. The molecule has 0 bridgehead atoms. The third kappa shape index (κ3) is 3.80. The summed E-state index contributed by atoms with van der Waals surface area (Å²) in [5.41, 5.74) is 6.96. The molecule has 122 valence electrons. The lowest BCUT2D eigenvalue weighted by atomic mass is 9.90. The average molecular weight is 304 g/mol. The molecule has 1 aliphatic rings. The van der Waals surface area contributed by atoms with Crippen molar-refractivity contribution in [3.63, 3.8) is 0 Å². The smallest absolute Gasteiger partial charge is 0.223 e. The molecule has 1 amide bonds. The van der Waals surface area contributed by atoms with Gasteiger partial charge in [0.05, 0.1) is 7.11 Å². The fraction of sp³-hybridized carbons (Fsp3) is 0.611. The molecule has 4 nitrogen and oxygen atoms in total. The van der Waals surface area contributed by atoms with Gasteiger partial charge in [-0.15, -0.1) is 0 Å². The van der Waals surface area contributed by atoms with Crippen LogP contribution in [0.25, 0.3) is 0 Å². The first-order valence-electron chi connectivity index (χ1n) is 8.19. The van der Waals surface area contributed by atoms with E-state index in [1.165, 1.54) is 0 Å². The first-order chi connectivity index (χ1) is 10.6. The minimum absolute atomic E-state index is 0.140. The molecule has 22 heavy (non-hydrogen) atoms. The number of rotatable bonds is 5. The van der Waals surface area contributed by atoms with Gasteiger partial charge in [-0.25, -0.2) is 0 Å². The normalized spacial score (nSPS) is 23.2. The molecule has 3 unspecified atom stereocenters. The maximum atomic E-state index is 12.7. The van der Waals surface area contributed by atoms with Gasteiger partial charge in [0.25, 0.3) is 0 Å². The summed E-state index contributed by atoms with van der Waals surface area (Å²) in [6.07, 6.45) is 2.60. The Morgan fingerprint density at radius 3 is 2.86 bits per heavy atom. The molecular weight excluding hydrogens is 276 g/mol. The summed E-state index contributed by atoms with van der Waals surface area (Å²) >= 11 is 0. The highest BCUT2D eigenvalue weighted by Gasteiger charge is 2.29. The molecule has 1 aromatic carbocycles. The Morgan fingerprint density at radius 2 is 2.18 bits per heavy atom. The number of hydrogen-bond acceptors (Lipinski definition) is 3. The quantitative estimate of drug-likeness (QED) is 0.910. The molecule has 0 radical (unpaired) electrons. The van der Waals surface area contributed by atoms with Crippen LogP contribution in [0.3, 0.4) is 0 Å². The number of piperidine rings is 1. The van der Waals surface area contributed by atoms with E-state index in [4.69, 9.17) is 10.5 Å². The molecule has 0 aliphatic carbocycles. The summed E-state index contributed by atoms with van der Waals surface area (Å²) < 4.78 is 5.40. The van der Waals surface area contributed by atoms with Gasteiger partial charge >= 0.3 is 0 Å². The Morgan fingerprint density at radius 1 is 1.45 bits per heavy atom. The van der Waals surface area contributed by atoms with Crippen molar-refractivity contribution < 1.29 is 9.53 Å². The van der Waals surface area contributed by atoms with Crippen molar-refractivity contribution in [1.29, 1.82) is 0 Å². The van der Waals surface area contributed by atoms with Gasteiger partial charge in [0, 0.05) is 25.6 Å². The molecule has 0 spiro atoms. The minimum Gasteiger partial charge on any atom is -0.496 e. The number of amides is 1. The lowest BCUT2D eigenvalue weighted by Crippen LogP contribution is -2.49. The Kier molecular flexibility index (Phi) is 5.83. The van der Waals surface area contributed by atoms with Gasteiger partial charge in [0.1, 0.15) is 5.75 Å². The van der Waals surface area contributed by atoms with Gasteiger partial charge in [0.2, 0.25) is 5.91 Å². The van der Waals surface area contributed by atoms with Gasteiger partial charge < -0.3 is 15.4 Å². The van der Waals surface area contributed by atoms with Crippen LogP contribution in [0.5, 0.6) is 5.75 Å². The highest BCUT2D eigenvalue weighted by Crippen LogP contribution is 2.30. The third-order valence-electron chi connectivity index (χ3n) is 4.72. The summed E-state index contributed by atoms with van der Waals surface area (Å²) in [6.45, 7) is 5.71. The highest BCUT2D eigenvalue weighted by atomic mass is 16.5. The van der Waals surface area contributed by atoms with E-state index in [0.717, 1.165) is 30.7 Å². The van der Waals surface area contributed by atoms with Crippen molar-refractivity contribution in [1.82, 2.24) is 4.90 Å². The molecule has 2 N–H and O–H groups in total. The molecule has 2 rings (SSSR count). The van der Waals surface area contributed by atoms with Crippen molar-refractivity contribution in [3.8, 4) is 5.75 Å². The summed E-state index contributed by atoms with van der Waals surface area (Å²) in [4.78, 5) is 14.7. The Labute approximate surface area is 133 Å². The fourth-order valence-electron chi connectivity index (χ4n) is 3.37. The summed E-state index contributed by atoms with van der Waals surface area (Å²) in [5.74, 6) is 1.86. The van der Waals surface area contributed by atoms with Gasteiger partial charge in [-0.2, -0.15) is 0 Å². The van der Waals surface area contributed by atoms with Crippen molar-refractivity contribution in [2.24, 2.45) is 11.7 Å². The standard InChI is InChI=1S/C18H28N2O2/c1-13-8-9-20(15(10-13)12-19)18(21)11-14(2)16-6-4-5-7-17(16)22-3/h4-7,13-15H,8-12,19H2,1-3H3. The highest BCUT2D eigenvalue weighted by molar-refractivity contribution is 5.77. The maximum Gasteiger partial charge on any atom is 0.223 e. The number of ether oxygens (including phenoxy) is 1. The van der Waals surface area contributed by atoms with E-state index in [1.54, 1.807) is 7.11 Å². The zero-order valence-corrected chi connectivity index (χ0v) is 13.9. The molecule has 1 aromatic rings. The number of para-hydroxylation sites is 1. The topological polar surface area (TPSA) is 55.6 Å². The average Bonchev–Trinajstić information content (AvgIpc) is 2.54. The van der Waals surface area contributed by atoms with E-state index in [-0.39, 0.29) is 17.9 Å². The molecular formula is C18H28N2O2. The summed E-state index contributed by atoms with van der Waals surface area (Å²) in [5, 5.41) is 0. The molecule has 1 fully saturated rings. The summed E-state index contributed by atoms with van der Waals surface area (Å²) in [6, 6.07) is 8.12. The minimum atomic E-state index is 0.140. The molecule has 3 atom stereocenters. The summed E-state index contributed by atoms with van der Waals surface area (Å²) in [7, 11) is 1.67. The van der Waals surface area contributed by atoms with Crippen molar-refractivity contribution in [2.75, 3.05) is 20.2 Å². The Balaban J connectivity index is 2.04. The van der Waals surface area contributed by atoms with Gasteiger partial charge in [0.15, 0.2) is 0 Å². The lowest BCUT2D eigenvalue weighted by Gasteiger charge is -2.38. The van der Waals surface area contributed by atoms with Crippen LogP contribution in [0, 0.1) is 5.92 Å². The number of benzene rings is 1. The van der Waals surface area contributed by atoms with Crippen LogP contribution < -0.4 is 10.5 Å².